The molecular weight excluding hydrogens is 402 g/mol. The second-order valence-electron chi connectivity index (χ2n) is 11.1. The molecular formula is C28H36ClNO. The third-order valence-corrected chi connectivity index (χ3v) is 9.07. The van der Waals surface area contributed by atoms with E-state index < -0.39 is 0 Å². The van der Waals surface area contributed by atoms with Gasteiger partial charge in [0.2, 0.25) is 0 Å². The third kappa shape index (κ3) is 4.14. The first kappa shape index (κ1) is 21.3. The fraction of sp³-hybridized carbons (Fsp3) is 0.571. The second-order valence-corrected chi connectivity index (χ2v) is 11.5. The lowest BCUT2D eigenvalue weighted by molar-refractivity contribution is -0.0894. The van der Waals surface area contributed by atoms with Crippen LogP contribution in [0.4, 0.5) is 0 Å². The number of hydrogen-bond acceptors (Lipinski definition) is 2. The molecule has 6 rings (SSSR count). The van der Waals surface area contributed by atoms with Gasteiger partial charge in [-0.1, -0.05) is 35.9 Å². The van der Waals surface area contributed by atoms with Gasteiger partial charge in [-0.05, 0) is 123 Å². The molecule has 4 saturated carbocycles. The molecule has 4 atom stereocenters. The highest BCUT2D eigenvalue weighted by atomic mass is 35.5. The van der Waals surface area contributed by atoms with E-state index in [9.17, 15) is 5.11 Å². The molecule has 4 aliphatic carbocycles. The maximum Gasteiger partial charge on any atom is 0.115 e. The Hall–Kier alpha value is -1.51. The first-order valence-corrected chi connectivity index (χ1v) is 12.5. The lowest BCUT2D eigenvalue weighted by Gasteiger charge is -2.64. The summed E-state index contributed by atoms with van der Waals surface area (Å²) in [4.78, 5) is 0. The first-order chi connectivity index (χ1) is 14.9. The van der Waals surface area contributed by atoms with Crippen LogP contribution < -0.4 is 5.32 Å². The van der Waals surface area contributed by atoms with Crippen molar-refractivity contribution in [3.8, 4) is 5.75 Å². The summed E-state index contributed by atoms with van der Waals surface area (Å²) in [6, 6.07) is 17.5. The van der Waals surface area contributed by atoms with Crippen LogP contribution in [0.2, 0.25) is 5.02 Å². The lowest BCUT2D eigenvalue weighted by atomic mass is 9.41. The molecule has 3 heteroatoms. The number of halogens is 1. The molecule has 4 bridgehead atoms. The van der Waals surface area contributed by atoms with Crippen LogP contribution >= 0.6 is 11.6 Å². The number of benzene rings is 2. The molecule has 166 valence electrons. The average molecular weight is 438 g/mol. The number of nitrogens with one attached hydrogen (secondary N) is 1. The van der Waals surface area contributed by atoms with Crippen LogP contribution in [-0.4, -0.2) is 17.2 Å². The number of rotatable bonds is 7. The van der Waals surface area contributed by atoms with Crippen LogP contribution in [-0.2, 0) is 11.8 Å². The molecule has 2 N–H and O–H groups in total. The van der Waals surface area contributed by atoms with Crippen molar-refractivity contribution in [1.82, 2.24) is 5.32 Å². The number of hydrogen-bond donors (Lipinski definition) is 2. The number of aryl methyl sites for hydroxylation is 1. The molecule has 0 aromatic heterocycles. The quantitative estimate of drug-likeness (QED) is 0.494. The van der Waals surface area contributed by atoms with Crippen LogP contribution in [0, 0.1) is 17.3 Å². The van der Waals surface area contributed by atoms with Crippen molar-refractivity contribution < 1.29 is 5.11 Å². The maximum atomic E-state index is 9.50. The normalized spacial score (nSPS) is 33.4. The zero-order valence-corrected chi connectivity index (χ0v) is 19.7. The second kappa shape index (κ2) is 8.12. The minimum Gasteiger partial charge on any atom is -0.508 e. The summed E-state index contributed by atoms with van der Waals surface area (Å²) in [5, 5.41) is 14.4. The van der Waals surface area contributed by atoms with Crippen LogP contribution in [0.1, 0.15) is 69.9 Å². The Morgan fingerprint density at radius 2 is 1.61 bits per heavy atom. The summed E-state index contributed by atoms with van der Waals surface area (Å²) in [6.45, 7) is 4.80. The maximum absolute atomic E-state index is 9.50. The van der Waals surface area contributed by atoms with E-state index in [1.807, 2.05) is 12.1 Å². The summed E-state index contributed by atoms with van der Waals surface area (Å²) >= 11 is 6.21. The van der Waals surface area contributed by atoms with Crippen molar-refractivity contribution in [1.29, 1.82) is 0 Å². The van der Waals surface area contributed by atoms with Gasteiger partial charge in [0, 0.05) is 17.1 Å². The van der Waals surface area contributed by atoms with E-state index in [2.05, 4.69) is 43.4 Å². The SMILES string of the molecule is CC(CCc1ccc(O)cc1)NC(C)C12CC3CC(CC(c4ccc(Cl)cc4)(C3)C1)C2. The topological polar surface area (TPSA) is 32.3 Å². The Morgan fingerprint density at radius 3 is 2.26 bits per heavy atom. The Balaban J connectivity index is 1.28. The van der Waals surface area contributed by atoms with Gasteiger partial charge >= 0.3 is 0 Å². The van der Waals surface area contributed by atoms with Gasteiger partial charge < -0.3 is 10.4 Å². The monoisotopic (exact) mass is 437 g/mol. The molecule has 2 aromatic carbocycles. The molecule has 4 aliphatic rings. The molecule has 2 nitrogen and oxygen atoms in total. The average Bonchev–Trinajstić information content (AvgIpc) is 2.73. The summed E-state index contributed by atoms with van der Waals surface area (Å²) in [7, 11) is 0. The van der Waals surface area contributed by atoms with Crippen molar-refractivity contribution in [3.63, 3.8) is 0 Å². The van der Waals surface area contributed by atoms with Gasteiger partial charge in [0.15, 0.2) is 0 Å². The van der Waals surface area contributed by atoms with Crippen LogP contribution in [0.3, 0.4) is 0 Å². The number of phenols is 1. The summed E-state index contributed by atoms with van der Waals surface area (Å²) in [6.07, 6.45) is 10.5. The van der Waals surface area contributed by atoms with Gasteiger partial charge in [-0.15, -0.1) is 0 Å². The van der Waals surface area contributed by atoms with E-state index in [4.69, 9.17) is 11.6 Å². The molecule has 0 radical (unpaired) electrons. The minimum absolute atomic E-state index is 0.347. The summed E-state index contributed by atoms with van der Waals surface area (Å²) in [5.74, 6) is 2.11. The zero-order chi connectivity index (χ0) is 21.6. The Kier molecular flexibility index (Phi) is 5.59. The number of phenolic OH excluding ortho intramolecular Hbond substituents is 1. The Labute approximate surface area is 192 Å². The van der Waals surface area contributed by atoms with Gasteiger partial charge in [0.25, 0.3) is 0 Å². The zero-order valence-electron chi connectivity index (χ0n) is 18.9. The van der Waals surface area contributed by atoms with Crippen LogP contribution in [0.15, 0.2) is 48.5 Å². The van der Waals surface area contributed by atoms with Crippen LogP contribution in [0.25, 0.3) is 0 Å². The van der Waals surface area contributed by atoms with Gasteiger partial charge in [-0.3, -0.25) is 0 Å². The predicted molar refractivity (Wildman–Crippen MR) is 129 cm³/mol. The van der Waals surface area contributed by atoms with Gasteiger partial charge in [-0.25, -0.2) is 0 Å². The van der Waals surface area contributed by atoms with E-state index in [-0.39, 0.29) is 0 Å². The third-order valence-electron chi connectivity index (χ3n) is 8.82. The van der Waals surface area contributed by atoms with Crippen LogP contribution in [0.5, 0.6) is 5.75 Å². The van der Waals surface area contributed by atoms with E-state index in [1.54, 1.807) is 12.1 Å². The van der Waals surface area contributed by atoms with E-state index >= 15 is 0 Å². The highest BCUT2D eigenvalue weighted by molar-refractivity contribution is 6.30. The van der Waals surface area contributed by atoms with Crippen molar-refractivity contribution >= 4 is 11.6 Å². The highest BCUT2D eigenvalue weighted by Crippen LogP contribution is 2.66. The Morgan fingerprint density at radius 1 is 0.968 bits per heavy atom. The van der Waals surface area contributed by atoms with Gasteiger partial charge in [0.1, 0.15) is 5.75 Å². The molecule has 0 heterocycles. The molecule has 4 unspecified atom stereocenters. The van der Waals surface area contributed by atoms with Crippen molar-refractivity contribution in [2.75, 3.05) is 0 Å². The molecule has 0 saturated heterocycles. The lowest BCUT2D eigenvalue weighted by Crippen LogP contribution is -2.60. The Bertz CT molecular complexity index is 892. The van der Waals surface area contributed by atoms with E-state index in [0.717, 1.165) is 29.7 Å². The summed E-state index contributed by atoms with van der Waals surface area (Å²) < 4.78 is 0. The van der Waals surface area contributed by atoms with Gasteiger partial charge in [-0.2, -0.15) is 0 Å². The van der Waals surface area contributed by atoms with Crippen molar-refractivity contribution in [2.45, 2.75) is 82.7 Å². The molecule has 0 aliphatic heterocycles. The van der Waals surface area contributed by atoms with Gasteiger partial charge in [0.05, 0.1) is 0 Å². The molecule has 0 amide bonds. The predicted octanol–water partition coefficient (Wildman–Crippen LogP) is 6.88. The first-order valence-electron chi connectivity index (χ1n) is 12.2. The smallest absolute Gasteiger partial charge is 0.115 e. The largest absolute Gasteiger partial charge is 0.508 e. The number of aromatic hydroxyl groups is 1. The van der Waals surface area contributed by atoms with Crippen molar-refractivity contribution in [3.05, 3.63) is 64.7 Å². The molecule has 4 fully saturated rings. The molecule has 31 heavy (non-hydrogen) atoms. The standard InChI is InChI=1S/C28H36ClNO/c1-19(3-4-21-5-11-26(31)12-6-21)30-20(2)27-14-22-13-23(15-27)17-28(16-22,18-27)24-7-9-25(29)10-8-24/h5-12,19-20,22-23,30-31H,3-4,13-18H2,1-2H3. The van der Waals surface area contributed by atoms with E-state index in [0.29, 0.717) is 28.7 Å². The van der Waals surface area contributed by atoms with E-state index in [1.165, 1.54) is 49.7 Å². The highest BCUT2D eigenvalue weighted by Gasteiger charge is 2.59. The van der Waals surface area contributed by atoms with Crippen molar-refractivity contribution in [2.24, 2.45) is 17.3 Å². The summed E-state index contributed by atoms with van der Waals surface area (Å²) in [5.41, 5.74) is 3.62. The fourth-order valence-corrected chi connectivity index (χ4v) is 7.84. The fourth-order valence-electron chi connectivity index (χ4n) is 7.71. The minimum atomic E-state index is 0.347. The molecule has 2 aromatic rings. The molecule has 0 spiro atoms.